The van der Waals surface area contributed by atoms with Gasteiger partial charge in [0.05, 0.1) is 43.8 Å². The van der Waals surface area contributed by atoms with Gasteiger partial charge >= 0.3 is 0 Å². The summed E-state index contributed by atoms with van der Waals surface area (Å²) in [7, 11) is 1.59. The molecule has 0 bridgehead atoms. The van der Waals surface area contributed by atoms with Crippen molar-refractivity contribution in [3.63, 3.8) is 0 Å². The zero-order valence-electron chi connectivity index (χ0n) is 19.6. The van der Waals surface area contributed by atoms with Crippen LogP contribution in [-0.2, 0) is 4.79 Å². The number of hydrogen-bond acceptors (Lipinski definition) is 5. The third-order valence-electron chi connectivity index (χ3n) is 6.96. The number of fused-ring (bicyclic) bond motifs is 1. The Balaban J connectivity index is 1.36. The van der Waals surface area contributed by atoms with E-state index in [9.17, 15) is 23.6 Å². The average molecular weight is 491 g/mol. The summed E-state index contributed by atoms with van der Waals surface area (Å²) in [6.45, 7) is -1.29. The van der Waals surface area contributed by atoms with Crippen molar-refractivity contribution in [2.45, 2.75) is 30.7 Å². The maximum Gasteiger partial charge on any atom is 0.268 e. The minimum absolute atomic E-state index is 0.254. The highest BCUT2D eigenvalue weighted by Crippen LogP contribution is 2.52. The summed E-state index contributed by atoms with van der Waals surface area (Å²) in [6, 6.07) is 16.6. The molecule has 5 rings (SSSR count). The largest absolute Gasteiger partial charge is 0.497 e. The summed E-state index contributed by atoms with van der Waals surface area (Å²) in [5.41, 5.74) is 1.19. The van der Waals surface area contributed by atoms with Crippen molar-refractivity contribution >= 4 is 22.7 Å². The molecular formula is C27H24F2N4O3. The van der Waals surface area contributed by atoms with Gasteiger partial charge in [0.2, 0.25) is 5.91 Å². The van der Waals surface area contributed by atoms with Gasteiger partial charge in [-0.2, -0.15) is 5.26 Å². The molecule has 1 aromatic heterocycles. The molecule has 3 aromatic rings. The first-order valence-corrected chi connectivity index (χ1v) is 11.7. The SMILES string of the molecule is COc1ccc(-c2ccc3nccc(C(=O)NCC(=O)N4CC(F)(F)C[C@]4(C#N)C4CC4)c3c2)cc1. The van der Waals surface area contributed by atoms with E-state index in [4.69, 9.17) is 4.74 Å². The van der Waals surface area contributed by atoms with Gasteiger partial charge in [-0.1, -0.05) is 18.2 Å². The number of methoxy groups -OCH3 is 1. The first-order chi connectivity index (χ1) is 17.3. The lowest BCUT2D eigenvalue weighted by Crippen LogP contribution is -2.51. The van der Waals surface area contributed by atoms with Gasteiger partial charge in [-0.3, -0.25) is 14.6 Å². The van der Waals surface area contributed by atoms with Gasteiger partial charge in [0.25, 0.3) is 11.8 Å². The maximum atomic E-state index is 14.2. The van der Waals surface area contributed by atoms with Gasteiger partial charge in [-0.05, 0) is 60.2 Å². The van der Waals surface area contributed by atoms with Crippen molar-refractivity contribution in [1.29, 1.82) is 5.26 Å². The molecule has 9 heteroatoms. The Hall–Kier alpha value is -4.06. The summed E-state index contributed by atoms with van der Waals surface area (Å²) in [6.07, 6.45) is 2.11. The number of aromatic nitrogens is 1. The van der Waals surface area contributed by atoms with Crippen molar-refractivity contribution in [3.05, 3.63) is 60.3 Å². The number of pyridine rings is 1. The minimum Gasteiger partial charge on any atom is -0.497 e. The summed E-state index contributed by atoms with van der Waals surface area (Å²) >= 11 is 0. The van der Waals surface area contributed by atoms with Gasteiger partial charge in [0, 0.05) is 11.6 Å². The van der Waals surface area contributed by atoms with Crippen LogP contribution in [-0.4, -0.2) is 53.4 Å². The number of likely N-dealkylation sites (tertiary alicyclic amines) is 1. The lowest BCUT2D eigenvalue weighted by molar-refractivity contribution is -0.134. The number of nitrogens with zero attached hydrogens (tertiary/aromatic N) is 3. The molecule has 1 aliphatic heterocycles. The Morgan fingerprint density at radius 3 is 2.56 bits per heavy atom. The Bertz CT molecular complexity index is 1380. The molecule has 2 heterocycles. The van der Waals surface area contributed by atoms with Crippen molar-refractivity contribution in [3.8, 4) is 22.9 Å². The zero-order chi connectivity index (χ0) is 25.5. The highest BCUT2D eigenvalue weighted by Gasteiger charge is 2.62. The van der Waals surface area contributed by atoms with E-state index in [1.54, 1.807) is 19.2 Å². The van der Waals surface area contributed by atoms with E-state index in [1.807, 2.05) is 42.5 Å². The normalized spacial score (nSPS) is 20.7. The van der Waals surface area contributed by atoms with E-state index >= 15 is 0 Å². The molecule has 2 fully saturated rings. The number of rotatable bonds is 6. The van der Waals surface area contributed by atoms with E-state index in [0.29, 0.717) is 29.3 Å². The summed E-state index contributed by atoms with van der Waals surface area (Å²) in [4.78, 5) is 31.3. The molecule has 2 aliphatic rings. The zero-order valence-corrected chi connectivity index (χ0v) is 19.6. The Morgan fingerprint density at radius 2 is 1.89 bits per heavy atom. The molecule has 0 unspecified atom stereocenters. The van der Waals surface area contributed by atoms with Gasteiger partial charge in [0.1, 0.15) is 11.3 Å². The van der Waals surface area contributed by atoms with E-state index in [1.165, 1.54) is 6.20 Å². The fraction of sp³-hybridized carbons (Fsp3) is 0.333. The number of alkyl halides is 2. The van der Waals surface area contributed by atoms with Crippen LogP contribution in [0.15, 0.2) is 54.7 Å². The van der Waals surface area contributed by atoms with E-state index in [2.05, 4.69) is 10.3 Å². The topological polar surface area (TPSA) is 95.3 Å². The van der Waals surface area contributed by atoms with E-state index in [-0.39, 0.29) is 5.92 Å². The van der Waals surface area contributed by atoms with Gasteiger partial charge in [-0.15, -0.1) is 0 Å². The fourth-order valence-electron chi connectivity index (χ4n) is 5.00. The third-order valence-corrected chi connectivity index (χ3v) is 6.96. The number of halogens is 2. The predicted molar refractivity (Wildman–Crippen MR) is 128 cm³/mol. The van der Waals surface area contributed by atoms with Crippen LogP contribution in [0, 0.1) is 17.2 Å². The van der Waals surface area contributed by atoms with Crippen LogP contribution in [0.25, 0.3) is 22.0 Å². The monoisotopic (exact) mass is 490 g/mol. The predicted octanol–water partition coefficient (Wildman–Crippen LogP) is 4.18. The molecule has 36 heavy (non-hydrogen) atoms. The summed E-state index contributed by atoms with van der Waals surface area (Å²) in [5.74, 6) is -3.87. The number of hydrogen-bond donors (Lipinski definition) is 1. The molecule has 2 aromatic carbocycles. The van der Waals surface area contributed by atoms with Crippen LogP contribution in [0.2, 0.25) is 0 Å². The maximum absolute atomic E-state index is 14.2. The highest BCUT2D eigenvalue weighted by molar-refractivity contribution is 6.07. The number of nitriles is 1. The Morgan fingerprint density at radius 1 is 1.17 bits per heavy atom. The molecule has 1 saturated carbocycles. The second-order valence-corrected chi connectivity index (χ2v) is 9.32. The molecular weight excluding hydrogens is 466 g/mol. The third kappa shape index (κ3) is 4.24. The standard InChI is InChI=1S/C27H24F2N4O3/c1-36-20-7-2-17(3-8-20)18-4-9-23-22(12-18)21(10-11-31-23)25(35)32-13-24(34)33-16-27(28,29)14-26(33,15-30)19-5-6-19/h2-4,7-12,19H,5-6,13-14,16H2,1H3,(H,32,35)/t26-/m0/s1. The summed E-state index contributed by atoms with van der Waals surface area (Å²) < 4.78 is 33.7. The first-order valence-electron chi connectivity index (χ1n) is 11.7. The second kappa shape index (κ2) is 8.86. The van der Waals surface area contributed by atoms with Crippen molar-refractivity contribution < 1.29 is 23.1 Å². The van der Waals surface area contributed by atoms with Crippen molar-refractivity contribution in [1.82, 2.24) is 15.2 Å². The minimum atomic E-state index is -3.13. The number of nitrogens with one attached hydrogen (secondary N) is 1. The molecule has 7 nitrogen and oxygen atoms in total. The summed E-state index contributed by atoms with van der Waals surface area (Å²) in [5, 5.41) is 12.9. The lowest BCUT2D eigenvalue weighted by atomic mass is 9.91. The van der Waals surface area contributed by atoms with Crippen LogP contribution in [0.3, 0.4) is 0 Å². The number of carbonyl (C=O) groups is 2. The number of carbonyl (C=O) groups excluding carboxylic acids is 2. The molecule has 0 radical (unpaired) electrons. The lowest BCUT2D eigenvalue weighted by Gasteiger charge is -2.31. The number of benzene rings is 2. The average Bonchev–Trinajstić information content (AvgIpc) is 3.70. The molecule has 0 spiro atoms. The molecule has 2 amide bonds. The highest BCUT2D eigenvalue weighted by atomic mass is 19.3. The molecule has 184 valence electrons. The number of ether oxygens (including phenoxy) is 1. The van der Waals surface area contributed by atoms with Crippen molar-refractivity contribution in [2.24, 2.45) is 5.92 Å². The van der Waals surface area contributed by atoms with Gasteiger partial charge < -0.3 is 15.0 Å². The number of amides is 2. The molecule has 1 saturated heterocycles. The van der Waals surface area contributed by atoms with E-state index in [0.717, 1.165) is 21.8 Å². The van der Waals surface area contributed by atoms with E-state index < -0.39 is 42.8 Å². The quantitative estimate of drug-likeness (QED) is 0.559. The van der Waals surface area contributed by atoms with Crippen molar-refractivity contribution in [2.75, 3.05) is 20.2 Å². The van der Waals surface area contributed by atoms with Crippen LogP contribution >= 0.6 is 0 Å². The first kappa shape index (κ1) is 23.7. The van der Waals surface area contributed by atoms with Gasteiger partial charge in [0.15, 0.2) is 0 Å². The molecule has 1 atom stereocenters. The Labute approximate surface area is 206 Å². The second-order valence-electron chi connectivity index (χ2n) is 9.32. The van der Waals surface area contributed by atoms with Crippen LogP contribution in [0.4, 0.5) is 8.78 Å². The Kier molecular flexibility index (Phi) is 5.83. The molecule has 1 aliphatic carbocycles. The van der Waals surface area contributed by atoms with Crippen LogP contribution < -0.4 is 10.1 Å². The van der Waals surface area contributed by atoms with Gasteiger partial charge in [-0.25, -0.2) is 8.78 Å². The molecule has 1 N–H and O–H groups in total. The van der Waals surface area contributed by atoms with Crippen LogP contribution in [0.1, 0.15) is 29.6 Å². The smallest absolute Gasteiger partial charge is 0.268 e. The fourth-order valence-corrected chi connectivity index (χ4v) is 5.00. The van der Waals surface area contributed by atoms with Crippen LogP contribution in [0.5, 0.6) is 5.75 Å².